The molecular formula is C16H26ClNO. The van der Waals surface area contributed by atoms with E-state index in [1.807, 2.05) is 25.1 Å². The molecule has 108 valence electrons. The van der Waals surface area contributed by atoms with Crippen LogP contribution in [-0.2, 0) is 0 Å². The summed E-state index contributed by atoms with van der Waals surface area (Å²) in [6.45, 7) is 10.3. The van der Waals surface area contributed by atoms with E-state index in [1.54, 1.807) is 0 Å². The Hall–Kier alpha value is -0.730. The molecule has 1 rings (SSSR count). The zero-order chi connectivity index (χ0) is 14.3. The Bertz CT molecular complexity index is 379. The molecule has 0 fully saturated rings. The van der Waals surface area contributed by atoms with E-state index in [2.05, 4.69) is 26.1 Å². The first-order valence-electron chi connectivity index (χ1n) is 7.11. The molecule has 0 aliphatic heterocycles. The van der Waals surface area contributed by atoms with Crippen molar-refractivity contribution in [3.05, 3.63) is 28.8 Å². The summed E-state index contributed by atoms with van der Waals surface area (Å²) in [5.74, 6) is 1.55. The number of halogens is 1. The van der Waals surface area contributed by atoms with E-state index in [9.17, 15) is 0 Å². The molecule has 0 saturated carbocycles. The molecule has 1 N–H and O–H groups in total. The predicted molar refractivity (Wildman–Crippen MR) is 83.2 cm³/mol. The van der Waals surface area contributed by atoms with Crippen LogP contribution in [0.5, 0.6) is 5.75 Å². The third-order valence-corrected chi connectivity index (χ3v) is 3.43. The largest absolute Gasteiger partial charge is 0.491 e. The number of aryl methyl sites for hydroxylation is 1. The smallest absolute Gasteiger partial charge is 0.138 e. The molecule has 0 aliphatic rings. The molecule has 0 saturated heterocycles. The van der Waals surface area contributed by atoms with Gasteiger partial charge in [-0.25, -0.2) is 0 Å². The van der Waals surface area contributed by atoms with Gasteiger partial charge < -0.3 is 10.1 Å². The molecule has 0 amide bonds. The van der Waals surface area contributed by atoms with Gasteiger partial charge in [0.15, 0.2) is 0 Å². The van der Waals surface area contributed by atoms with Gasteiger partial charge in [0.25, 0.3) is 0 Å². The van der Waals surface area contributed by atoms with Crippen LogP contribution in [0.3, 0.4) is 0 Å². The lowest BCUT2D eigenvalue weighted by Gasteiger charge is -2.15. The van der Waals surface area contributed by atoms with Crippen LogP contribution in [-0.4, -0.2) is 19.2 Å². The SMILES string of the molecule is Cc1ccc(Cl)c(OCCNC(C)CCC(C)C)c1. The average Bonchev–Trinajstić information content (AvgIpc) is 2.36. The number of benzene rings is 1. The second-order valence-corrected chi connectivity index (χ2v) is 6.02. The lowest BCUT2D eigenvalue weighted by molar-refractivity contribution is 0.303. The zero-order valence-electron chi connectivity index (χ0n) is 12.5. The molecule has 0 heterocycles. The fraction of sp³-hybridized carbons (Fsp3) is 0.625. The maximum absolute atomic E-state index is 6.08. The molecule has 0 aliphatic carbocycles. The highest BCUT2D eigenvalue weighted by molar-refractivity contribution is 6.32. The van der Waals surface area contributed by atoms with Crippen LogP contribution in [0, 0.1) is 12.8 Å². The minimum absolute atomic E-state index is 0.541. The summed E-state index contributed by atoms with van der Waals surface area (Å²) in [7, 11) is 0. The number of nitrogens with one attached hydrogen (secondary N) is 1. The van der Waals surface area contributed by atoms with Crippen LogP contribution >= 0.6 is 11.6 Å². The van der Waals surface area contributed by atoms with E-state index in [0.717, 1.165) is 23.8 Å². The Morgan fingerprint density at radius 2 is 1.95 bits per heavy atom. The van der Waals surface area contributed by atoms with Crippen LogP contribution in [0.2, 0.25) is 5.02 Å². The van der Waals surface area contributed by atoms with E-state index >= 15 is 0 Å². The average molecular weight is 284 g/mol. The molecule has 1 aromatic carbocycles. The first-order valence-corrected chi connectivity index (χ1v) is 7.49. The molecular weight excluding hydrogens is 258 g/mol. The molecule has 0 bridgehead atoms. The first-order chi connectivity index (χ1) is 8.99. The van der Waals surface area contributed by atoms with Gasteiger partial charge in [-0.05, 0) is 50.3 Å². The van der Waals surface area contributed by atoms with Gasteiger partial charge in [-0.1, -0.05) is 31.5 Å². The quantitative estimate of drug-likeness (QED) is 0.712. The van der Waals surface area contributed by atoms with Crippen LogP contribution in [0.4, 0.5) is 0 Å². The van der Waals surface area contributed by atoms with Gasteiger partial charge >= 0.3 is 0 Å². The van der Waals surface area contributed by atoms with E-state index in [0.29, 0.717) is 17.7 Å². The van der Waals surface area contributed by atoms with Crippen LogP contribution in [0.1, 0.15) is 39.2 Å². The van der Waals surface area contributed by atoms with Gasteiger partial charge in [0.2, 0.25) is 0 Å². The van der Waals surface area contributed by atoms with Crippen molar-refractivity contribution in [3.8, 4) is 5.75 Å². The normalized spacial score (nSPS) is 12.7. The van der Waals surface area contributed by atoms with Crippen molar-refractivity contribution in [2.24, 2.45) is 5.92 Å². The Morgan fingerprint density at radius 1 is 1.21 bits per heavy atom. The minimum atomic E-state index is 0.541. The maximum atomic E-state index is 6.08. The highest BCUT2D eigenvalue weighted by atomic mass is 35.5. The molecule has 1 atom stereocenters. The summed E-state index contributed by atoms with van der Waals surface area (Å²) < 4.78 is 5.70. The van der Waals surface area contributed by atoms with E-state index in [-0.39, 0.29) is 0 Å². The second kappa shape index (κ2) is 8.44. The lowest BCUT2D eigenvalue weighted by Crippen LogP contribution is -2.30. The molecule has 1 aromatic rings. The van der Waals surface area contributed by atoms with Crippen molar-refractivity contribution in [2.45, 2.75) is 46.6 Å². The number of hydrogen-bond donors (Lipinski definition) is 1. The van der Waals surface area contributed by atoms with Gasteiger partial charge in [-0.3, -0.25) is 0 Å². The van der Waals surface area contributed by atoms with Gasteiger partial charge in [0.05, 0.1) is 5.02 Å². The zero-order valence-corrected chi connectivity index (χ0v) is 13.3. The summed E-state index contributed by atoms with van der Waals surface area (Å²) in [5, 5.41) is 4.15. The van der Waals surface area contributed by atoms with Gasteiger partial charge in [-0.15, -0.1) is 0 Å². The maximum Gasteiger partial charge on any atom is 0.138 e. The summed E-state index contributed by atoms with van der Waals surface area (Å²) >= 11 is 6.08. The summed E-state index contributed by atoms with van der Waals surface area (Å²) in [6.07, 6.45) is 2.47. The lowest BCUT2D eigenvalue weighted by atomic mass is 10.0. The predicted octanol–water partition coefficient (Wildman–Crippen LogP) is 4.44. The third-order valence-electron chi connectivity index (χ3n) is 3.12. The topological polar surface area (TPSA) is 21.3 Å². The van der Waals surface area contributed by atoms with Crippen molar-refractivity contribution in [1.29, 1.82) is 0 Å². The number of ether oxygens (including phenoxy) is 1. The monoisotopic (exact) mass is 283 g/mol. The van der Waals surface area contributed by atoms with Crippen molar-refractivity contribution >= 4 is 11.6 Å². The molecule has 2 nitrogen and oxygen atoms in total. The summed E-state index contributed by atoms with van der Waals surface area (Å²) in [6, 6.07) is 6.38. The van der Waals surface area contributed by atoms with Crippen LogP contribution in [0.25, 0.3) is 0 Å². The number of rotatable bonds is 8. The van der Waals surface area contributed by atoms with Gasteiger partial charge in [0.1, 0.15) is 12.4 Å². The molecule has 0 radical (unpaired) electrons. The van der Waals surface area contributed by atoms with Crippen LogP contribution < -0.4 is 10.1 Å². The molecule has 3 heteroatoms. The van der Waals surface area contributed by atoms with E-state index in [4.69, 9.17) is 16.3 Å². The van der Waals surface area contributed by atoms with Crippen molar-refractivity contribution < 1.29 is 4.74 Å². The van der Waals surface area contributed by atoms with Gasteiger partial charge in [0, 0.05) is 12.6 Å². The summed E-state index contributed by atoms with van der Waals surface area (Å²) in [5.41, 5.74) is 1.16. The molecule has 1 unspecified atom stereocenters. The first kappa shape index (κ1) is 16.3. The van der Waals surface area contributed by atoms with E-state index in [1.165, 1.54) is 12.8 Å². The highest BCUT2D eigenvalue weighted by Gasteiger charge is 2.04. The molecule has 0 spiro atoms. The Kier molecular flexibility index (Phi) is 7.25. The molecule has 19 heavy (non-hydrogen) atoms. The van der Waals surface area contributed by atoms with Crippen molar-refractivity contribution in [2.75, 3.05) is 13.2 Å². The third kappa shape index (κ3) is 6.84. The molecule has 0 aromatic heterocycles. The van der Waals surface area contributed by atoms with Crippen LogP contribution in [0.15, 0.2) is 18.2 Å². The van der Waals surface area contributed by atoms with Crippen molar-refractivity contribution in [1.82, 2.24) is 5.32 Å². The Balaban J connectivity index is 2.21. The second-order valence-electron chi connectivity index (χ2n) is 5.61. The minimum Gasteiger partial charge on any atom is -0.491 e. The van der Waals surface area contributed by atoms with Gasteiger partial charge in [-0.2, -0.15) is 0 Å². The fourth-order valence-corrected chi connectivity index (χ4v) is 2.05. The Labute approximate surface area is 122 Å². The van der Waals surface area contributed by atoms with Crippen molar-refractivity contribution in [3.63, 3.8) is 0 Å². The standard InChI is InChI=1S/C16H26ClNO/c1-12(2)5-7-14(4)18-9-10-19-16-11-13(3)6-8-15(16)17/h6,8,11-12,14,18H,5,7,9-10H2,1-4H3. The van der Waals surface area contributed by atoms with E-state index < -0.39 is 0 Å². The fourth-order valence-electron chi connectivity index (χ4n) is 1.87. The highest BCUT2D eigenvalue weighted by Crippen LogP contribution is 2.24. The summed E-state index contributed by atoms with van der Waals surface area (Å²) in [4.78, 5) is 0. The Morgan fingerprint density at radius 3 is 2.63 bits per heavy atom. The number of hydrogen-bond acceptors (Lipinski definition) is 2.